The summed E-state index contributed by atoms with van der Waals surface area (Å²) in [7, 11) is 0. The number of aromatic carboxylic acids is 1. The Hall–Kier alpha value is -2.08. The standard InChI is InChI=1S/C19H17Cl2FN2O2/c20-14-7-6-13(19(25)26)16-12(3-1-2-8-23)17(24-18(14)16)11-5-4-10(22)9-15(11)21/h4-7,9,24H,1-3,8,23H2,(H,25,26). The van der Waals surface area contributed by atoms with Crippen molar-refractivity contribution in [2.24, 2.45) is 5.73 Å². The van der Waals surface area contributed by atoms with E-state index in [2.05, 4.69) is 4.98 Å². The zero-order valence-electron chi connectivity index (χ0n) is 13.8. The van der Waals surface area contributed by atoms with Crippen LogP contribution in [0, 0.1) is 5.82 Å². The number of aromatic amines is 1. The maximum atomic E-state index is 13.4. The molecule has 3 aromatic rings. The van der Waals surface area contributed by atoms with Gasteiger partial charge in [-0.3, -0.25) is 0 Å². The van der Waals surface area contributed by atoms with Crippen molar-refractivity contribution in [1.82, 2.24) is 4.98 Å². The lowest BCUT2D eigenvalue weighted by Gasteiger charge is -2.08. The molecule has 0 fully saturated rings. The number of benzene rings is 2. The Balaban J connectivity index is 2.30. The SMILES string of the molecule is NCCCCc1c(-c2ccc(F)cc2Cl)[nH]c2c(Cl)ccc(C(=O)O)c12. The van der Waals surface area contributed by atoms with Crippen LogP contribution >= 0.6 is 23.2 Å². The maximum absolute atomic E-state index is 13.4. The molecule has 1 heterocycles. The van der Waals surface area contributed by atoms with Crippen molar-refractivity contribution < 1.29 is 14.3 Å². The van der Waals surface area contributed by atoms with E-state index < -0.39 is 11.8 Å². The second kappa shape index (κ2) is 7.66. The van der Waals surface area contributed by atoms with Gasteiger partial charge in [-0.2, -0.15) is 0 Å². The van der Waals surface area contributed by atoms with E-state index in [1.807, 2.05) is 0 Å². The van der Waals surface area contributed by atoms with Crippen molar-refractivity contribution in [2.45, 2.75) is 19.3 Å². The fourth-order valence-corrected chi connectivity index (χ4v) is 3.60. The highest BCUT2D eigenvalue weighted by Crippen LogP contribution is 2.39. The number of carboxylic acids is 1. The van der Waals surface area contributed by atoms with Crippen LogP contribution in [0.3, 0.4) is 0 Å². The summed E-state index contributed by atoms with van der Waals surface area (Å²) in [5.74, 6) is -1.48. The Morgan fingerprint density at radius 2 is 1.92 bits per heavy atom. The zero-order chi connectivity index (χ0) is 18.8. The molecule has 4 N–H and O–H groups in total. The summed E-state index contributed by atoms with van der Waals surface area (Å²) in [6, 6.07) is 7.15. The average Bonchev–Trinajstić information content (AvgIpc) is 2.95. The number of carbonyl (C=O) groups is 1. The summed E-state index contributed by atoms with van der Waals surface area (Å²) >= 11 is 12.5. The number of aromatic nitrogens is 1. The molecule has 2 aromatic carbocycles. The Morgan fingerprint density at radius 3 is 2.58 bits per heavy atom. The van der Waals surface area contributed by atoms with Crippen LogP contribution in [0.1, 0.15) is 28.8 Å². The third-order valence-corrected chi connectivity index (χ3v) is 4.95. The highest BCUT2D eigenvalue weighted by Gasteiger charge is 2.22. The molecule has 26 heavy (non-hydrogen) atoms. The van der Waals surface area contributed by atoms with E-state index in [0.717, 1.165) is 18.4 Å². The first-order chi connectivity index (χ1) is 12.4. The van der Waals surface area contributed by atoms with Gasteiger partial charge in [0.1, 0.15) is 5.82 Å². The molecule has 0 aliphatic carbocycles. The Kier molecular flexibility index (Phi) is 5.51. The summed E-state index contributed by atoms with van der Waals surface area (Å²) in [5.41, 5.74) is 8.32. The number of aryl methyl sites for hydroxylation is 1. The number of fused-ring (bicyclic) bond motifs is 1. The van der Waals surface area contributed by atoms with Gasteiger partial charge >= 0.3 is 5.97 Å². The second-order valence-corrected chi connectivity index (χ2v) is 6.81. The molecular formula is C19H17Cl2FN2O2. The van der Waals surface area contributed by atoms with Crippen molar-refractivity contribution in [3.05, 3.63) is 57.3 Å². The molecule has 0 saturated heterocycles. The second-order valence-electron chi connectivity index (χ2n) is 6.00. The number of hydrogen-bond donors (Lipinski definition) is 3. The highest BCUT2D eigenvalue weighted by molar-refractivity contribution is 6.36. The van der Waals surface area contributed by atoms with Gasteiger partial charge in [-0.25, -0.2) is 9.18 Å². The minimum absolute atomic E-state index is 0.160. The minimum Gasteiger partial charge on any atom is -0.478 e. The van der Waals surface area contributed by atoms with Crippen LogP contribution < -0.4 is 5.73 Å². The van der Waals surface area contributed by atoms with Crippen LogP contribution in [0.2, 0.25) is 10.0 Å². The van der Waals surface area contributed by atoms with Crippen LogP contribution in [-0.4, -0.2) is 22.6 Å². The maximum Gasteiger partial charge on any atom is 0.336 e. The molecule has 0 atom stereocenters. The first-order valence-electron chi connectivity index (χ1n) is 8.16. The molecule has 7 heteroatoms. The predicted octanol–water partition coefficient (Wildman–Crippen LogP) is 5.26. The van der Waals surface area contributed by atoms with Gasteiger partial charge in [-0.1, -0.05) is 23.2 Å². The lowest BCUT2D eigenvalue weighted by Crippen LogP contribution is -2.01. The van der Waals surface area contributed by atoms with E-state index in [-0.39, 0.29) is 10.6 Å². The summed E-state index contributed by atoms with van der Waals surface area (Å²) < 4.78 is 13.4. The van der Waals surface area contributed by atoms with Gasteiger partial charge in [-0.15, -0.1) is 0 Å². The number of carboxylic acid groups (broad SMARTS) is 1. The van der Waals surface area contributed by atoms with Gasteiger partial charge in [0.15, 0.2) is 0 Å². The zero-order valence-corrected chi connectivity index (χ0v) is 15.3. The van der Waals surface area contributed by atoms with Gasteiger partial charge < -0.3 is 15.8 Å². The molecule has 4 nitrogen and oxygen atoms in total. The summed E-state index contributed by atoms with van der Waals surface area (Å²) in [5, 5.41) is 10.8. The number of nitrogens with one attached hydrogen (secondary N) is 1. The first-order valence-corrected chi connectivity index (χ1v) is 8.91. The van der Waals surface area contributed by atoms with Gasteiger partial charge in [-0.05, 0) is 61.7 Å². The average molecular weight is 395 g/mol. The number of rotatable bonds is 6. The largest absolute Gasteiger partial charge is 0.478 e. The van der Waals surface area contributed by atoms with Gasteiger partial charge in [0, 0.05) is 10.9 Å². The van der Waals surface area contributed by atoms with Crippen LogP contribution in [0.15, 0.2) is 30.3 Å². The van der Waals surface area contributed by atoms with Gasteiger partial charge in [0.05, 0.1) is 26.8 Å². The number of hydrogen-bond acceptors (Lipinski definition) is 2. The molecule has 0 radical (unpaired) electrons. The number of nitrogens with two attached hydrogens (primary N) is 1. The van der Waals surface area contributed by atoms with Crippen molar-refractivity contribution in [1.29, 1.82) is 0 Å². The monoisotopic (exact) mass is 394 g/mol. The van der Waals surface area contributed by atoms with Crippen LogP contribution in [0.25, 0.3) is 22.2 Å². The van der Waals surface area contributed by atoms with Crippen molar-refractivity contribution in [2.75, 3.05) is 6.54 Å². The molecular weight excluding hydrogens is 378 g/mol. The van der Waals surface area contributed by atoms with Crippen molar-refractivity contribution >= 4 is 40.1 Å². The molecule has 0 spiro atoms. The Labute approximate surface area is 159 Å². The minimum atomic E-state index is -1.04. The van der Waals surface area contributed by atoms with E-state index in [0.29, 0.717) is 40.1 Å². The predicted molar refractivity (Wildman–Crippen MR) is 103 cm³/mol. The number of H-pyrrole nitrogens is 1. The van der Waals surface area contributed by atoms with Crippen molar-refractivity contribution in [3.63, 3.8) is 0 Å². The molecule has 0 amide bonds. The van der Waals surface area contributed by atoms with Gasteiger partial charge in [0.25, 0.3) is 0 Å². The molecule has 0 aliphatic rings. The van der Waals surface area contributed by atoms with Crippen LogP contribution in [-0.2, 0) is 6.42 Å². The topological polar surface area (TPSA) is 79.1 Å². The van der Waals surface area contributed by atoms with E-state index in [4.69, 9.17) is 28.9 Å². The molecule has 136 valence electrons. The van der Waals surface area contributed by atoms with E-state index >= 15 is 0 Å². The van der Waals surface area contributed by atoms with E-state index in [1.165, 1.54) is 18.2 Å². The summed E-state index contributed by atoms with van der Waals surface area (Å²) in [6.45, 7) is 0.543. The highest BCUT2D eigenvalue weighted by atomic mass is 35.5. The molecule has 3 rings (SSSR count). The van der Waals surface area contributed by atoms with Crippen LogP contribution in [0.4, 0.5) is 4.39 Å². The lowest BCUT2D eigenvalue weighted by atomic mass is 9.97. The molecule has 1 aromatic heterocycles. The van der Waals surface area contributed by atoms with Crippen LogP contribution in [0.5, 0.6) is 0 Å². The normalized spacial score (nSPS) is 11.2. The van der Waals surface area contributed by atoms with E-state index in [9.17, 15) is 14.3 Å². The van der Waals surface area contributed by atoms with E-state index in [1.54, 1.807) is 12.1 Å². The summed E-state index contributed by atoms with van der Waals surface area (Å²) in [6.07, 6.45) is 2.17. The Bertz CT molecular complexity index is 985. The molecule has 0 saturated carbocycles. The number of unbranched alkanes of at least 4 members (excludes halogenated alkanes) is 1. The molecule has 0 unspecified atom stereocenters. The third kappa shape index (κ3) is 3.43. The quantitative estimate of drug-likeness (QED) is 0.498. The van der Waals surface area contributed by atoms with Crippen molar-refractivity contribution in [3.8, 4) is 11.3 Å². The first kappa shape index (κ1) is 18.7. The molecule has 0 aliphatic heterocycles. The third-order valence-electron chi connectivity index (χ3n) is 4.32. The Morgan fingerprint density at radius 1 is 1.15 bits per heavy atom. The smallest absolute Gasteiger partial charge is 0.336 e. The summed E-state index contributed by atoms with van der Waals surface area (Å²) in [4.78, 5) is 14.9. The lowest BCUT2D eigenvalue weighted by molar-refractivity contribution is 0.0699. The number of halogens is 3. The molecule has 0 bridgehead atoms. The fourth-order valence-electron chi connectivity index (χ4n) is 3.13. The van der Waals surface area contributed by atoms with Gasteiger partial charge in [0.2, 0.25) is 0 Å². The fraction of sp³-hybridized carbons (Fsp3) is 0.211.